The van der Waals surface area contributed by atoms with Gasteiger partial charge < -0.3 is 5.32 Å². The summed E-state index contributed by atoms with van der Waals surface area (Å²) >= 11 is 1.62. The summed E-state index contributed by atoms with van der Waals surface area (Å²) in [5.74, 6) is 0.869. The van der Waals surface area contributed by atoms with E-state index in [1.165, 1.54) is 5.56 Å². The fraction of sp³-hybridized carbons (Fsp3) is 0.400. The molecular formula is C15H18FN3S. The van der Waals surface area contributed by atoms with Gasteiger partial charge in [-0.15, -0.1) is 11.8 Å². The molecule has 0 aliphatic carbocycles. The average Bonchev–Trinajstić information content (AvgIpc) is 2.86. The van der Waals surface area contributed by atoms with Crippen molar-refractivity contribution in [2.75, 3.05) is 12.3 Å². The van der Waals surface area contributed by atoms with Crippen molar-refractivity contribution in [3.05, 3.63) is 47.5 Å². The minimum Gasteiger partial charge on any atom is -0.308 e. The van der Waals surface area contributed by atoms with E-state index in [4.69, 9.17) is 0 Å². The van der Waals surface area contributed by atoms with Gasteiger partial charge >= 0.3 is 0 Å². The van der Waals surface area contributed by atoms with Crippen LogP contribution in [-0.2, 0) is 6.54 Å². The molecule has 3 nitrogen and oxygen atoms in total. The number of hydrogen-bond acceptors (Lipinski definition) is 3. The second kappa shape index (κ2) is 5.97. The van der Waals surface area contributed by atoms with E-state index < -0.39 is 0 Å². The number of aromatic nitrogens is 2. The summed E-state index contributed by atoms with van der Waals surface area (Å²) in [6.07, 6.45) is 4.94. The van der Waals surface area contributed by atoms with Crippen LogP contribution in [0.25, 0.3) is 0 Å². The number of rotatable bonds is 4. The SMILES string of the molecule is Cc1cnn(CCNC2CCSc3c(F)cccc32)c1. The largest absolute Gasteiger partial charge is 0.308 e. The molecule has 3 rings (SSSR count). The van der Waals surface area contributed by atoms with Crippen molar-refractivity contribution in [3.63, 3.8) is 0 Å². The fourth-order valence-corrected chi connectivity index (χ4v) is 3.68. The van der Waals surface area contributed by atoms with Crippen LogP contribution in [0.3, 0.4) is 0 Å². The van der Waals surface area contributed by atoms with E-state index in [1.807, 2.05) is 30.1 Å². The number of thioether (sulfide) groups is 1. The molecule has 0 saturated heterocycles. The van der Waals surface area contributed by atoms with Gasteiger partial charge in [0.25, 0.3) is 0 Å². The van der Waals surface area contributed by atoms with Crippen LogP contribution in [0.15, 0.2) is 35.5 Å². The number of hydrogen-bond donors (Lipinski definition) is 1. The zero-order valence-corrected chi connectivity index (χ0v) is 12.3. The molecule has 1 aliphatic rings. The lowest BCUT2D eigenvalue weighted by Crippen LogP contribution is -2.28. The van der Waals surface area contributed by atoms with Gasteiger partial charge in [-0.1, -0.05) is 12.1 Å². The van der Waals surface area contributed by atoms with Crippen molar-refractivity contribution < 1.29 is 4.39 Å². The molecule has 1 aromatic carbocycles. The minimum absolute atomic E-state index is 0.0956. The third kappa shape index (κ3) is 2.88. The van der Waals surface area contributed by atoms with Crippen LogP contribution in [0.1, 0.15) is 23.6 Å². The molecular weight excluding hydrogens is 273 g/mol. The van der Waals surface area contributed by atoms with E-state index in [-0.39, 0.29) is 11.9 Å². The van der Waals surface area contributed by atoms with Crippen molar-refractivity contribution in [2.24, 2.45) is 0 Å². The average molecular weight is 291 g/mol. The number of halogens is 1. The summed E-state index contributed by atoms with van der Waals surface area (Å²) in [5, 5.41) is 7.79. The monoisotopic (exact) mass is 291 g/mol. The summed E-state index contributed by atoms with van der Waals surface area (Å²) in [5.41, 5.74) is 2.27. The van der Waals surface area contributed by atoms with Crippen molar-refractivity contribution in [3.8, 4) is 0 Å². The number of aryl methyl sites for hydroxylation is 1. The molecule has 0 saturated carbocycles. The third-order valence-electron chi connectivity index (χ3n) is 3.52. The summed E-state index contributed by atoms with van der Waals surface area (Å²) < 4.78 is 15.7. The molecule has 0 bridgehead atoms. The smallest absolute Gasteiger partial charge is 0.137 e. The first-order valence-corrected chi connectivity index (χ1v) is 7.86. The molecule has 0 radical (unpaired) electrons. The van der Waals surface area contributed by atoms with Crippen LogP contribution < -0.4 is 5.32 Å². The Morgan fingerprint density at radius 3 is 3.20 bits per heavy atom. The van der Waals surface area contributed by atoms with Crippen LogP contribution in [0.4, 0.5) is 4.39 Å². The van der Waals surface area contributed by atoms with E-state index >= 15 is 0 Å². The maximum Gasteiger partial charge on any atom is 0.137 e. The number of nitrogens with one attached hydrogen (secondary N) is 1. The highest BCUT2D eigenvalue weighted by atomic mass is 32.2. The molecule has 0 fully saturated rings. The maximum absolute atomic E-state index is 13.8. The van der Waals surface area contributed by atoms with E-state index in [1.54, 1.807) is 23.9 Å². The first kappa shape index (κ1) is 13.6. The Hall–Kier alpha value is -1.33. The molecule has 1 atom stereocenters. The van der Waals surface area contributed by atoms with Crippen molar-refractivity contribution in [1.82, 2.24) is 15.1 Å². The molecule has 0 amide bonds. The molecule has 2 aromatic rings. The lowest BCUT2D eigenvalue weighted by Gasteiger charge is -2.26. The van der Waals surface area contributed by atoms with Crippen molar-refractivity contribution in [1.29, 1.82) is 0 Å². The number of benzene rings is 1. The Bertz CT molecular complexity index is 597. The van der Waals surface area contributed by atoms with Gasteiger partial charge in [0, 0.05) is 23.7 Å². The maximum atomic E-state index is 13.8. The summed E-state index contributed by atoms with van der Waals surface area (Å²) in [6.45, 7) is 3.71. The summed E-state index contributed by atoms with van der Waals surface area (Å²) in [7, 11) is 0. The zero-order valence-electron chi connectivity index (χ0n) is 11.5. The lowest BCUT2D eigenvalue weighted by atomic mass is 10.0. The number of nitrogens with zero attached hydrogens (tertiary/aromatic N) is 2. The highest BCUT2D eigenvalue weighted by molar-refractivity contribution is 7.99. The Kier molecular flexibility index (Phi) is 4.08. The van der Waals surface area contributed by atoms with Crippen LogP contribution in [0.5, 0.6) is 0 Å². The van der Waals surface area contributed by atoms with Gasteiger partial charge in [0.2, 0.25) is 0 Å². The topological polar surface area (TPSA) is 29.9 Å². The molecule has 0 spiro atoms. The molecule has 1 aromatic heterocycles. The summed E-state index contributed by atoms with van der Waals surface area (Å²) in [4.78, 5) is 0.811. The Balaban J connectivity index is 1.63. The minimum atomic E-state index is -0.0956. The highest BCUT2D eigenvalue weighted by Gasteiger charge is 2.22. The van der Waals surface area contributed by atoms with Gasteiger partial charge in [-0.2, -0.15) is 5.10 Å². The van der Waals surface area contributed by atoms with Crippen LogP contribution in [-0.4, -0.2) is 22.1 Å². The van der Waals surface area contributed by atoms with Gasteiger partial charge in [0.05, 0.1) is 12.7 Å². The number of fused-ring (bicyclic) bond motifs is 1. The molecule has 106 valence electrons. The van der Waals surface area contributed by atoms with Gasteiger partial charge in [0.1, 0.15) is 5.82 Å². The van der Waals surface area contributed by atoms with E-state index in [0.29, 0.717) is 0 Å². The normalized spacial score (nSPS) is 18.0. The van der Waals surface area contributed by atoms with Crippen LogP contribution in [0, 0.1) is 12.7 Å². The second-order valence-electron chi connectivity index (χ2n) is 5.08. The van der Waals surface area contributed by atoms with Crippen LogP contribution >= 0.6 is 11.8 Å². The Labute approximate surface area is 122 Å². The molecule has 1 unspecified atom stereocenters. The van der Waals surface area contributed by atoms with Crippen molar-refractivity contribution in [2.45, 2.75) is 30.8 Å². The van der Waals surface area contributed by atoms with Crippen molar-refractivity contribution >= 4 is 11.8 Å². The van der Waals surface area contributed by atoms with E-state index in [2.05, 4.69) is 10.4 Å². The Morgan fingerprint density at radius 2 is 2.40 bits per heavy atom. The fourth-order valence-electron chi connectivity index (χ4n) is 2.54. The van der Waals surface area contributed by atoms with E-state index in [0.717, 1.165) is 35.7 Å². The lowest BCUT2D eigenvalue weighted by molar-refractivity contribution is 0.464. The predicted molar refractivity (Wildman–Crippen MR) is 79.4 cm³/mol. The first-order valence-electron chi connectivity index (χ1n) is 6.87. The van der Waals surface area contributed by atoms with Crippen LogP contribution in [0.2, 0.25) is 0 Å². The molecule has 1 N–H and O–H groups in total. The van der Waals surface area contributed by atoms with E-state index in [9.17, 15) is 4.39 Å². The quantitative estimate of drug-likeness (QED) is 0.938. The zero-order chi connectivity index (χ0) is 13.9. The molecule has 1 aliphatic heterocycles. The standard InChI is InChI=1S/C15H18FN3S/c1-11-9-18-19(10-11)7-6-17-14-5-8-20-15-12(14)3-2-4-13(15)16/h2-4,9-10,14,17H,5-8H2,1H3. The molecule has 5 heteroatoms. The molecule has 20 heavy (non-hydrogen) atoms. The third-order valence-corrected chi connectivity index (χ3v) is 4.68. The summed E-state index contributed by atoms with van der Waals surface area (Å²) in [6, 6.07) is 5.62. The second-order valence-corrected chi connectivity index (χ2v) is 6.19. The Morgan fingerprint density at radius 1 is 1.50 bits per heavy atom. The van der Waals surface area contributed by atoms with Gasteiger partial charge in [-0.05, 0) is 36.3 Å². The van der Waals surface area contributed by atoms with Gasteiger partial charge in [-0.25, -0.2) is 4.39 Å². The predicted octanol–water partition coefficient (Wildman–Crippen LogP) is 3.16. The van der Waals surface area contributed by atoms with Gasteiger partial charge in [0.15, 0.2) is 0 Å². The molecule has 2 heterocycles. The first-order chi connectivity index (χ1) is 9.74. The highest BCUT2D eigenvalue weighted by Crippen LogP contribution is 2.37. The van der Waals surface area contributed by atoms with Gasteiger partial charge in [-0.3, -0.25) is 4.68 Å².